The van der Waals surface area contributed by atoms with Crippen LogP contribution in [0, 0.1) is 11.2 Å². The van der Waals surface area contributed by atoms with Crippen molar-refractivity contribution in [1.29, 1.82) is 0 Å². The summed E-state index contributed by atoms with van der Waals surface area (Å²) in [6.07, 6.45) is 4.31. The van der Waals surface area contributed by atoms with Crippen molar-refractivity contribution in [3.8, 4) is 0 Å². The number of aliphatic imine (C=N–C) groups is 2. The first-order chi connectivity index (χ1) is 15.2. The molecule has 1 aromatic carbocycles. The van der Waals surface area contributed by atoms with E-state index in [1.54, 1.807) is 24.3 Å². The maximum absolute atomic E-state index is 13.9. The Hall–Kier alpha value is -3.41. The van der Waals surface area contributed by atoms with Gasteiger partial charge in [-0.2, -0.15) is 0 Å². The van der Waals surface area contributed by atoms with Crippen molar-refractivity contribution in [2.45, 2.75) is 46.6 Å². The molecule has 3 rings (SSSR count). The molecule has 0 fully saturated rings. The van der Waals surface area contributed by atoms with Gasteiger partial charge in [0.25, 0.3) is 0 Å². The molecule has 168 valence electrons. The Labute approximate surface area is 190 Å². The van der Waals surface area contributed by atoms with Crippen molar-refractivity contribution in [3.05, 3.63) is 95.5 Å². The third-order valence-corrected chi connectivity index (χ3v) is 6.03. The number of hydrogen-bond acceptors (Lipinski definition) is 5. The van der Waals surface area contributed by atoms with E-state index in [-0.39, 0.29) is 12.4 Å². The van der Waals surface area contributed by atoms with Gasteiger partial charge in [0.15, 0.2) is 5.84 Å². The van der Waals surface area contributed by atoms with Gasteiger partial charge in [-0.15, -0.1) is 0 Å². The van der Waals surface area contributed by atoms with Crippen LogP contribution in [0.3, 0.4) is 0 Å². The summed E-state index contributed by atoms with van der Waals surface area (Å²) in [7, 11) is 0. The molecule has 0 amide bonds. The van der Waals surface area contributed by atoms with Crippen LogP contribution in [0.15, 0.2) is 94.1 Å². The second-order valence-electron chi connectivity index (χ2n) is 8.22. The minimum Gasteiger partial charge on any atom is -0.396 e. The zero-order valence-electron chi connectivity index (χ0n) is 19.2. The Kier molecular flexibility index (Phi) is 6.82. The summed E-state index contributed by atoms with van der Waals surface area (Å²) in [6, 6.07) is 6.63. The van der Waals surface area contributed by atoms with E-state index in [0.717, 1.165) is 35.4 Å². The van der Waals surface area contributed by atoms with Gasteiger partial charge in [-0.1, -0.05) is 63.8 Å². The lowest BCUT2D eigenvalue weighted by Crippen LogP contribution is -2.35. The maximum Gasteiger partial charge on any atom is 0.156 e. The van der Waals surface area contributed by atoms with Gasteiger partial charge >= 0.3 is 0 Å². The number of nitrogens with zero attached hydrogens (tertiary/aromatic N) is 2. The van der Waals surface area contributed by atoms with Crippen LogP contribution in [-0.4, -0.2) is 11.5 Å². The highest BCUT2D eigenvalue weighted by Crippen LogP contribution is 2.50. The smallest absolute Gasteiger partial charge is 0.156 e. The zero-order valence-corrected chi connectivity index (χ0v) is 19.2. The lowest BCUT2D eigenvalue weighted by Gasteiger charge is -2.32. The van der Waals surface area contributed by atoms with Crippen LogP contribution in [0.2, 0.25) is 0 Å². The van der Waals surface area contributed by atoms with Crippen molar-refractivity contribution in [2.24, 2.45) is 21.1 Å². The molecule has 6 heteroatoms. The predicted octanol–water partition coefficient (Wildman–Crippen LogP) is 5.23. The summed E-state index contributed by atoms with van der Waals surface area (Å²) in [4.78, 5) is 9.24. The Morgan fingerprint density at radius 2 is 1.97 bits per heavy atom. The van der Waals surface area contributed by atoms with E-state index in [1.165, 1.54) is 6.07 Å². The van der Waals surface area contributed by atoms with Crippen LogP contribution >= 0.6 is 0 Å². The van der Waals surface area contributed by atoms with Crippen molar-refractivity contribution in [1.82, 2.24) is 10.6 Å². The summed E-state index contributed by atoms with van der Waals surface area (Å²) in [5.74, 6) is 0.913. The summed E-state index contributed by atoms with van der Waals surface area (Å²) in [6.45, 7) is 19.2. The summed E-state index contributed by atoms with van der Waals surface area (Å²) in [5, 5.41) is 6.54. The van der Waals surface area contributed by atoms with Crippen molar-refractivity contribution < 1.29 is 4.39 Å². The van der Waals surface area contributed by atoms with Crippen LogP contribution in [0.5, 0.6) is 0 Å². The third-order valence-electron chi connectivity index (χ3n) is 6.03. The average molecular weight is 434 g/mol. The maximum atomic E-state index is 13.9. The standard InChI is InChI=1S/C26H32FN5/c1-7-11-16(3)26(6)18(5)31-25-23(26)17(4)30-24(32-25)22(28)14-20(8-2)29-15-19-12-9-10-13-21(19)27/h9-10,12-14,31H,3-5,7-8,11,15,28H2,1-2,6H3,(H,30,32). The summed E-state index contributed by atoms with van der Waals surface area (Å²) < 4.78 is 13.9. The second kappa shape index (κ2) is 9.39. The lowest BCUT2D eigenvalue weighted by molar-refractivity contribution is 0.555. The number of allylic oxidation sites excluding steroid dienone is 3. The monoisotopic (exact) mass is 433 g/mol. The van der Waals surface area contributed by atoms with Crippen molar-refractivity contribution in [3.63, 3.8) is 0 Å². The van der Waals surface area contributed by atoms with E-state index in [2.05, 4.69) is 49.2 Å². The van der Waals surface area contributed by atoms with E-state index >= 15 is 0 Å². The highest BCUT2D eigenvalue weighted by atomic mass is 19.1. The molecular formula is C26H32FN5. The molecule has 0 bridgehead atoms. The number of amidine groups is 1. The molecule has 2 aliphatic rings. The Balaban J connectivity index is 1.89. The van der Waals surface area contributed by atoms with Gasteiger partial charge in [-0.05, 0) is 31.9 Å². The highest BCUT2D eigenvalue weighted by Gasteiger charge is 2.45. The van der Waals surface area contributed by atoms with Gasteiger partial charge < -0.3 is 16.4 Å². The second-order valence-corrected chi connectivity index (χ2v) is 8.22. The van der Waals surface area contributed by atoms with E-state index in [0.29, 0.717) is 35.0 Å². The summed E-state index contributed by atoms with van der Waals surface area (Å²) >= 11 is 0. The van der Waals surface area contributed by atoms with Crippen LogP contribution in [-0.2, 0) is 6.54 Å². The van der Waals surface area contributed by atoms with Crippen LogP contribution in [0.1, 0.15) is 45.6 Å². The van der Waals surface area contributed by atoms with E-state index in [9.17, 15) is 4.39 Å². The van der Waals surface area contributed by atoms with Gasteiger partial charge in [-0.3, -0.25) is 4.99 Å². The number of nitrogens with one attached hydrogen (secondary N) is 2. The Morgan fingerprint density at radius 1 is 1.25 bits per heavy atom. The lowest BCUT2D eigenvalue weighted by atomic mass is 9.73. The largest absolute Gasteiger partial charge is 0.396 e. The van der Waals surface area contributed by atoms with Gasteiger partial charge in [0, 0.05) is 28.2 Å². The number of hydrogen-bond donors (Lipinski definition) is 3. The predicted molar refractivity (Wildman–Crippen MR) is 131 cm³/mol. The summed E-state index contributed by atoms with van der Waals surface area (Å²) in [5.41, 5.74) is 11.2. The van der Waals surface area contributed by atoms with Gasteiger partial charge in [-0.25, -0.2) is 9.38 Å². The Morgan fingerprint density at radius 3 is 2.62 bits per heavy atom. The molecule has 32 heavy (non-hydrogen) atoms. The first kappa shape index (κ1) is 23.3. The number of nitrogens with two attached hydrogens (primary N) is 1. The molecule has 0 spiro atoms. The van der Waals surface area contributed by atoms with E-state index < -0.39 is 5.41 Å². The molecule has 4 N–H and O–H groups in total. The molecule has 0 saturated carbocycles. The van der Waals surface area contributed by atoms with E-state index in [1.807, 2.05) is 6.92 Å². The number of rotatable bonds is 8. The number of halogens is 1. The molecular weight excluding hydrogens is 401 g/mol. The molecule has 5 nitrogen and oxygen atoms in total. The van der Waals surface area contributed by atoms with Crippen LogP contribution in [0.25, 0.3) is 0 Å². The van der Waals surface area contributed by atoms with Crippen molar-refractivity contribution in [2.75, 3.05) is 0 Å². The minimum absolute atomic E-state index is 0.251. The average Bonchev–Trinajstić information content (AvgIpc) is 3.03. The fraction of sp³-hybridized carbons (Fsp3) is 0.308. The van der Waals surface area contributed by atoms with Gasteiger partial charge in [0.1, 0.15) is 11.6 Å². The molecule has 0 aromatic heterocycles. The topological polar surface area (TPSA) is 74.8 Å². The molecule has 1 aromatic rings. The van der Waals surface area contributed by atoms with Crippen LogP contribution < -0.4 is 16.4 Å². The molecule has 1 unspecified atom stereocenters. The van der Waals surface area contributed by atoms with Crippen molar-refractivity contribution >= 4 is 11.5 Å². The fourth-order valence-corrected chi connectivity index (χ4v) is 3.99. The van der Waals surface area contributed by atoms with Gasteiger partial charge in [0.05, 0.1) is 17.7 Å². The SMILES string of the molecule is C=C1NC(C(N)=CC(CC)=NCc2ccccc2F)=NC2=C1C(C)(C(=C)CCC)C(=C)N2. The molecule has 1 atom stereocenters. The molecule has 2 aliphatic heterocycles. The molecule has 2 heterocycles. The fourth-order valence-electron chi connectivity index (χ4n) is 3.99. The number of benzene rings is 1. The molecule has 0 aliphatic carbocycles. The first-order valence-electron chi connectivity index (χ1n) is 10.9. The zero-order chi connectivity index (χ0) is 23.5. The molecule has 0 radical (unpaired) electrons. The van der Waals surface area contributed by atoms with Crippen LogP contribution in [0.4, 0.5) is 4.39 Å². The first-order valence-corrected chi connectivity index (χ1v) is 10.9. The van der Waals surface area contributed by atoms with E-state index in [4.69, 9.17) is 10.7 Å². The Bertz CT molecular complexity index is 1090. The quantitative estimate of drug-likeness (QED) is 0.388. The highest BCUT2D eigenvalue weighted by molar-refractivity contribution is 6.07. The normalized spacial score (nSPS) is 21.2. The molecule has 0 saturated heterocycles. The minimum atomic E-state index is -0.446. The third kappa shape index (κ3) is 4.31. The van der Waals surface area contributed by atoms with Gasteiger partial charge in [0.2, 0.25) is 0 Å².